The summed E-state index contributed by atoms with van der Waals surface area (Å²) in [5, 5.41) is 0. The monoisotopic (exact) mass is 79.1 g/mol. The normalized spacial score (nSPS) is 17.2. The Morgan fingerprint density at radius 3 is 2.67 bits per heavy atom. The molecular formula is C4H6BN. The molecule has 1 aliphatic rings. The summed E-state index contributed by atoms with van der Waals surface area (Å²) in [5.74, 6) is 2.06. The first-order valence-corrected chi connectivity index (χ1v) is 2.09. The molecule has 1 nitrogen and oxygen atoms in total. The van der Waals surface area contributed by atoms with E-state index in [1.54, 1.807) is 0 Å². The van der Waals surface area contributed by atoms with Crippen LogP contribution in [-0.4, -0.2) is 12.8 Å². The fourth-order valence-electron chi connectivity index (χ4n) is 0.421. The van der Waals surface area contributed by atoms with E-state index in [1.165, 1.54) is 0 Å². The summed E-state index contributed by atoms with van der Waals surface area (Å²) in [6, 6.07) is 0. The van der Waals surface area contributed by atoms with Gasteiger partial charge in [0.1, 0.15) is 0 Å². The minimum absolute atomic E-state index is 0.574. The van der Waals surface area contributed by atoms with Gasteiger partial charge in [-0.1, -0.05) is 12.8 Å². The summed E-state index contributed by atoms with van der Waals surface area (Å²) >= 11 is 0. The van der Waals surface area contributed by atoms with Crippen LogP contribution in [0.4, 0.5) is 0 Å². The number of aliphatic imine (C=N–C) groups is 1. The van der Waals surface area contributed by atoms with Crippen LogP contribution >= 0.6 is 0 Å². The van der Waals surface area contributed by atoms with E-state index < -0.39 is 0 Å². The van der Waals surface area contributed by atoms with Gasteiger partial charge in [0, 0.05) is 6.20 Å². The van der Waals surface area contributed by atoms with E-state index in [4.69, 9.17) is 0 Å². The van der Waals surface area contributed by atoms with E-state index in [0.29, 0.717) is 6.71 Å². The molecule has 0 aromatic carbocycles. The van der Waals surface area contributed by atoms with Crippen LogP contribution in [0.2, 0.25) is 6.82 Å². The highest BCUT2D eigenvalue weighted by Crippen LogP contribution is 1.88. The smallest absolute Gasteiger partial charge is 0.213 e. The van der Waals surface area contributed by atoms with Gasteiger partial charge >= 0.3 is 0 Å². The molecule has 0 saturated heterocycles. The molecule has 0 N–H and O–H groups in total. The Morgan fingerprint density at radius 1 is 1.67 bits per heavy atom. The van der Waals surface area contributed by atoms with Crippen molar-refractivity contribution in [1.82, 2.24) is 0 Å². The average Bonchev–Trinajstić information content (AvgIpc) is 1.86. The molecule has 0 radical (unpaired) electrons. The first kappa shape index (κ1) is 3.66. The molecule has 0 fully saturated rings. The molecule has 2 heteroatoms. The lowest BCUT2D eigenvalue weighted by Crippen LogP contribution is -1.99. The van der Waals surface area contributed by atoms with Crippen molar-refractivity contribution in [1.29, 1.82) is 0 Å². The summed E-state index contributed by atoms with van der Waals surface area (Å²) in [5.41, 5.74) is 0. The quantitative estimate of drug-likeness (QED) is 0.380. The number of hydrogen-bond acceptors (Lipinski definition) is 1. The fraction of sp³-hybridized carbons (Fsp3) is 0.250. The Labute approximate surface area is 37.9 Å². The van der Waals surface area contributed by atoms with E-state index in [2.05, 4.69) is 17.8 Å². The Hall–Kier alpha value is -0.525. The van der Waals surface area contributed by atoms with Crippen LogP contribution < -0.4 is 0 Å². The van der Waals surface area contributed by atoms with Crippen LogP contribution in [0.25, 0.3) is 0 Å². The van der Waals surface area contributed by atoms with Gasteiger partial charge in [0.05, 0.1) is 0 Å². The number of nitrogens with zero attached hydrogens (tertiary/aromatic N) is 1. The van der Waals surface area contributed by atoms with Gasteiger partial charge in [-0.2, -0.15) is 0 Å². The molecule has 6 heavy (non-hydrogen) atoms. The van der Waals surface area contributed by atoms with Crippen molar-refractivity contribution in [3.05, 3.63) is 12.2 Å². The Balaban J connectivity index is 2.60. The van der Waals surface area contributed by atoms with E-state index in [9.17, 15) is 0 Å². The average molecular weight is 78.9 g/mol. The van der Waals surface area contributed by atoms with Crippen LogP contribution in [0.1, 0.15) is 0 Å². The van der Waals surface area contributed by atoms with Crippen LogP contribution in [0.3, 0.4) is 0 Å². The van der Waals surface area contributed by atoms with E-state index >= 15 is 0 Å². The zero-order valence-electron chi connectivity index (χ0n) is 3.76. The molecule has 0 saturated carbocycles. The van der Waals surface area contributed by atoms with Gasteiger partial charge < -0.3 is 0 Å². The second kappa shape index (κ2) is 1.29. The zero-order valence-corrected chi connectivity index (χ0v) is 3.76. The molecule has 0 spiro atoms. The lowest BCUT2D eigenvalue weighted by molar-refractivity contribution is 1.65. The highest BCUT2D eigenvalue weighted by molar-refractivity contribution is 6.89. The summed E-state index contributed by atoms with van der Waals surface area (Å²) in [4.78, 5) is 3.86. The molecule has 30 valence electrons. The second-order valence-electron chi connectivity index (χ2n) is 1.50. The topological polar surface area (TPSA) is 12.4 Å². The standard InChI is InChI=1S/C4H6BN/c1-5-2-3-6-4-5/h2-4H,1H3. The predicted octanol–water partition coefficient (Wildman–Crippen LogP) is 0.787. The van der Waals surface area contributed by atoms with E-state index in [-0.39, 0.29) is 0 Å². The molecule has 0 aromatic rings. The van der Waals surface area contributed by atoms with Crippen LogP contribution in [0.5, 0.6) is 0 Å². The highest BCUT2D eigenvalue weighted by atomic mass is 14.7. The summed E-state index contributed by atoms with van der Waals surface area (Å²) in [7, 11) is 0. The summed E-state index contributed by atoms with van der Waals surface area (Å²) in [6.07, 6.45) is 3.74. The van der Waals surface area contributed by atoms with Crippen LogP contribution in [0.15, 0.2) is 17.2 Å². The first-order valence-electron chi connectivity index (χ1n) is 2.09. The van der Waals surface area contributed by atoms with Gasteiger partial charge in [-0.15, -0.1) is 0 Å². The molecule has 0 unspecified atom stereocenters. The molecule has 0 atom stereocenters. The maximum Gasteiger partial charge on any atom is 0.213 e. The fourth-order valence-corrected chi connectivity index (χ4v) is 0.421. The predicted molar refractivity (Wildman–Crippen MR) is 29.2 cm³/mol. The molecule has 1 heterocycles. The molecule has 1 aliphatic heterocycles. The van der Waals surface area contributed by atoms with Gasteiger partial charge in [0.2, 0.25) is 6.71 Å². The minimum atomic E-state index is 0.574. The largest absolute Gasteiger partial charge is 0.280 e. The van der Waals surface area contributed by atoms with Crippen molar-refractivity contribution < 1.29 is 0 Å². The van der Waals surface area contributed by atoms with Gasteiger partial charge in [0.15, 0.2) is 0 Å². The number of rotatable bonds is 0. The highest BCUT2D eigenvalue weighted by Gasteiger charge is 1.97. The van der Waals surface area contributed by atoms with Crippen molar-refractivity contribution in [2.75, 3.05) is 0 Å². The van der Waals surface area contributed by atoms with Crippen LogP contribution in [-0.2, 0) is 0 Å². The summed E-state index contributed by atoms with van der Waals surface area (Å²) in [6.45, 7) is 2.68. The third-order valence-electron chi connectivity index (χ3n) is 0.797. The lowest BCUT2D eigenvalue weighted by Gasteiger charge is -1.74. The maximum absolute atomic E-state index is 3.86. The van der Waals surface area contributed by atoms with Crippen molar-refractivity contribution in [3.8, 4) is 0 Å². The van der Waals surface area contributed by atoms with Gasteiger partial charge in [0.25, 0.3) is 0 Å². The molecule has 0 aliphatic carbocycles. The van der Waals surface area contributed by atoms with Gasteiger partial charge in [-0.3, -0.25) is 4.99 Å². The third kappa shape index (κ3) is 0.508. The summed E-state index contributed by atoms with van der Waals surface area (Å²) < 4.78 is 0. The molecular weight excluding hydrogens is 72.9 g/mol. The second-order valence-corrected chi connectivity index (χ2v) is 1.50. The van der Waals surface area contributed by atoms with Crippen molar-refractivity contribution >= 4 is 12.8 Å². The van der Waals surface area contributed by atoms with E-state index in [0.717, 1.165) is 0 Å². The van der Waals surface area contributed by atoms with Crippen molar-refractivity contribution in [2.24, 2.45) is 4.99 Å². The molecule has 1 rings (SSSR count). The van der Waals surface area contributed by atoms with Gasteiger partial charge in [-0.25, -0.2) is 0 Å². The van der Waals surface area contributed by atoms with Gasteiger partial charge in [-0.05, 0) is 6.11 Å². The Bertz CT molecular complexity index is 83.7. The maximum atomic E-state index is 3.86. The molecule has 0 amide bonds. The van der Waals surface area contributed by atoms with Crippen LogP contribution in [0, 0.1) is 0 Å². The first-order chi connectivity index (χ1) is 2.89. The Kier molecular flexibility index (Phi) is 0.786. The minimum Gasteiger partial charge on any atom is -0.280 e. The SMILES string of the molecule is CB1C=CN=C1. The zero-order chi connectivity index (χ0) is 4.41. The third-order valence-corrected chi connectivity index (χ3v) is 0.797. The molecule has 0 bridgehead atoms. The van der Waals surface area contributed by atoms with E-state index in [1.807, 2.05) is 12.3 Å². The lowest BCUT2D eigenvalue weighted by atomic mass is 9.55. The Morgan fingerprint density at radius 2 is 2.50 bits per heavy atom. The van der Waals surface area contributed by atoms with Crippen molar-refractivity contribution in [3.63, 3.8) is 0 Å². The number of hydrogen-bond donors (Lipinski definition) is 0. The van der Waals surface area contributed by atoms with Crippen molar-refractivity contribution in [2.45, 2.75) is 6.82 Å². The molecule has 0 aromatic heterocycles.